The van der Waals surface area contributed by atoms with E-state index in [-0.39, 0.29) is 19.1 Å². The summed E-state index contributed by atoms with van der Waals surface area (Å²) in [5.74, 6) is 0.171. The molecule has 4 aromatic rings. The summed E-state index contributed by atoms with van der Waals surface area (Å²) in [4.78, 5) is 30.4. The van der Waals surface area contributed by atoms with Crippen LogP contribution in [0.3, 0.4) is 0 Å². The standard InChI is InChI=1S/C28H23ClN2O5/c1-17-15-30(36-26-11-8-21(29)14-23(17)26)16-35-22-9-6-19(7-10-22)28(34)31-18(2)12-24-20(13-27(32)33)4-3-5-25(24)31/h3-12,14-15H,13,16H2,1-2H3,(H,32,33). The molecule has 1 N–H and O–H groups in total. The minimum Gasteiger partial charge on any atom is -0.481 e. The number of carbonyl (C=O) groups is 2. The number of nitrogens with zero attached hydrogens (tertiary/aromatic N) is 2. The molecule has 0 unspecified atom stereocenters. The number of carboxylic acid groups (broad SMARTS) is 1. The number of hydroxylamine groups is 2. The fourth-order valence-electron chi connectivity index (χ4n) is 4.36. The van der Waals surface area contributed by atoms with E-state index in [4.69, 9.17) is 21.2 Å². The van der Waals surface area contributed by atoms with Crippen LogP contribution in [0.1, 0.15) is 34.1 Å². The summed E-state index contributed by atoms with van der Waals surface area (Å²) in [5.41, 5.74) is 4.52. The predicted octanol–water partition coefficient (Wildman–Crippen LogP) is 5.93. The van der Waals surface area contributed by atoms with Gasteiger partial charge in [0.2, 0.25) is 0 Å². The number of benzene rings is 3. The Kier molecular flexibility index (Phi) is 6.16. The second-order valence-corrected chi connectivity index (χ2v) is 9.04. The molecule has 36 heavy (non-hydrogen) atoms. The number of aromatic nitrogens is 1. The van der Waals surface area contributed by atoms with E-state index in [1.54, 1.807) is 52.1 Å². The summed E-state index contributed by atoms with van der Waals surface area (Å²) in [6.45, 7) is 3.96. The molecule has 7 nitrogen and oxygen atoms in total. The molecule has 0 radical (unpaired) electrons. The second kappa shape index (κ2) is 9.43. The third-order valence-electron chi connectivity index (χ3n) is 6.04. The number of halogens is 1. The van der Waals surface area contributed by atoms with E-state index in [0.29, 0.717) is 33.2 Å². The first-order chi connectivity index (χ1) is 17.3. The van der Waals surface area contributed by atoms with Gasteiger partial charge in [-0.25, -0.2) is 0 Å². The van der Waals surface area contributed by atoms with Crippen molar-refractivity contribution in [3.8, 4) is 11.5 Å². The van der Waals surface area contributed by atoms with E-state index in [2.05, 4.69) is 0 Å². The molecule has 3 aromatic carbocycles. The number of ether oxygens (including phenoxy) is 1. The minimum absolute atomic E-state index is 0.101. The number of rotatable bonds is 6. The number of aliphatic carboxylic acids is 1. The average molecular weight is 503 g/mol. The van der Waals surface area contributed by atoms with Gasteiger partial charge in [0.1, 0.15) is 5.75 Å². The summed E-state index contributed by atoms with van der Waals surface area (Å²) >= 11 is 6.08. The highest BCUT2D eigenvalue weighted by Gasteiger charge is 2.19. The quantitative estimate of drug-likeness (QED) is 0.352. The van der Waals surface area contributed by atoms with E-state index in [9.17, 15) is 14.7 Å². The fraction of sp³-hybridized carbons (Fsp3) is 0.143. The van der Waals surface area contributed by atoms with Crippen molar-refractivity contribution in [1.29, 1.82) is 0 Å². The van der Waals surface area contributed by atoms with Crippen molar-refractivity contribution in [2.24, 2.45) is 0 Å². The summed E-state index contributed by atoms with van der Waals surface area (Å²) in [5, 5.41) is 12.2. The van der Waals surface area contributed by atoms with Gasteiger partial charge in [0, 0.05) is 33.4 Å². The van der Waals surface area contributed by atoms with Crippen LogP contribution in [-0.4, -0.2) is 33.3 Å². The van der Waals surface area contributed by atoms with Gasteiger partial charge in [-0.1, -0.05) is 23.7 Å². The topological polar surface area (TPSA) is 81.0 Å². The summed E-state index contributed by atoms with van der Waals surface area (Å²) < 4.78 is 7.47. The van der Waals surface area contributed by atoms with Gasteiger partial charge < -0.3 is 14.7 Å². The van der Waals surface area contributed by atoms with Crippen molar-refractivity contribution in [2.45, 2.75) is 20.3 Å². The van der Waals surface area contributed by atoms with Crippen molar-refractivity contribution in [2.75, 3.05) is 6.73 Å². The van der Waals surface area contributed by atoms with Crippen LogP contribution in [-0.2, 0) is 11.2 Å². The molecule has 1 aliphatic rings. The summed E-state index contributed by atoms with van der Waals surface area (Å²) in [7, 11) is 0. The highest BCUT2D eigenvalue weighted by atomic mass is 35.5. The molecule has 0 saturated heterocycles. The SMILES string of the molecule is CC1=CN(COc2ccc(C(=O)n3c(C)cc4c(CC(=O)O)cccc43)cc2)Oc2ccc(Cl)cc21. The lowest BCUT2D eigenvalue weighted by Gasteiger charge is -2.27. The van der Waals surface area contributed by atoms with Crippen LogP contribution >= 0.6 is 11.6 Å². The van der Waals surface area contributed by atoms with Crippen LogP contribution in [0.5, 0.6) is 11.5 Å². The third kappa shape index (κ3) is 4.53. The Hall–Kier alpha value is -4.23. The van der Waals surface area contributed by atoms with Crippen molar-refractivity contribution in [3.05, 3.63) is 100 Å². The van der Waals surface area contributed by atoms with Crippen molar-refractivity contribution >= 4 is 40.0 Å². The monoisotopic (exact) mass is 502 g/mol. The van der Waals surface area contributed by atoms with Crippen molar-refractivity contribution in [1.82, 2.24) is 9.63 Å². The van der Waals surface area contributed by atoms with Gasteiger partial charge in [0.25, 0.3) is 5.91 Å². The zero-order chi connectivity index (χ0) is 25.4. The van der Waals surface area contributed by atoms with E-state index in [1.807, 2.05) is 44.3 Å². The lowest BCUT2D eigenvalue weighted by Crippen LogP contribution is -2.29. The normalized spacial score (nSPS) is 12.6. The first-order valence-corrected chi connectivity index (χ1v) is 11.7. The molecule has 0 atom stereocenters. The first-order valence-electron chi connectivity index (χ1n) is 11.3. The molecule has 0 amide bonds. The fourth-order valence-corrected chi connectivity index (χ4v) is 4.54. The molecule has 1 aromatic heterocycles. The highest BCUT2D eigenvalue weighted by Crippen LogP contribution is 2.33. The van der Waals surface area contributed by atoms with Gasteiger partial charge in [-0.15, -0.1) is 0 Å². The van der Waals surface area contributed by atoms with Crippen LogP contribution in [0.15, 0.2) is 72.9 Å². The molecule has 8 heteroatoms. The smallest absolute Gasteiger partial charge is 0.307 e. The van der Waals surface area contributed by atoms with Crippen molar-refractivity contribution < 1.29 is 24.3 Å². The van der Waals surface area contributed by atoms with Gasteiger partial charge in [-0.05, 0) is 79.6 Å². The molecule has 0 saturated carbocycles. The van der Waals surface area contributed by atoms with Crippen LogP contribution in [0, 0.1) is 6.92 Å². The Morgan fingerprint density at radius 2 is 1.81 bits per heavy atom. The van der Waals surface area contributed by atoms with Gasteiger partial charge >= 0.3 is 5.97 Å². The van der Waals surface area contributed by atoms with Crippen LogP contribution in [0.2, 0.25) is 5.02 Å². The Labute approximate surface area is 212 Å². The highest BCUT2D eigenvalue weighted by molar-refractivity contribution is 6.30. The zero-order valence-corrected chi connectivity index (χ0v) is 20.5. The maximum atomic E-state index is 13.3. The Bertz CT molecular complexity index is 1520. The Morgan fingerprint density at radius 3 is 2.56 bits per heavy atom. The van der Waals surface area contributed by atoms with Crippen LogP contribution in [0.4, 0.5) is 0 Å². The molecule has 0 spiro atoms. The van der Waals surface area contributed by atoms with E-state index >= 15 is 0 Å². The Balaban J connectivity index is 1.30. The van der Waals surface area contributed by atoms with Crippen LogP contribution < -0.4 is 9.57 Å². The van der Waals surface area contributed by atoms with Gasteiger partial charge in [0.05, 0.1) is 11.9 Å². The third-order valence-corrected chi connectivity index (χ3v) is 6.28. The molecule has 0 aliphatic carbocycles. The van der Waals surface area contributed by atoms with E-state index < -0.39 is 5.97 Å². The number of hydrogen-bond acceptors (Lipinski definition) is 5. The predicted molar refractivity (Wildman–Crippen MR) is 137 cm³/mol. The molecule has 1 aliphatic heterocycles. The number of hydrogen-bond donors (Lipinski definition) is 1. The number of fused-ring (bicyclic) bond motifs is 2. The maximum Gasteiger partial charge on any atom is 0.307 e. The van der Waals surface area contributed by atoms with Gasteiger partial charge in [-0.3, -0.25) is 14.2 Å². The van der Waals surface area contributed by atoms with Crippen LogP contribution in [0.25, 0.3) is 16.5 Å². The summed E-state index contributed by atoms with van der Waals surface area (Å²) in [6, 6.07) is 19.6. The molecule has 0 bridgehead atoms. The first kappa shape index (κ1) is 23.5. The van der Waals surface area contributed by atoms with Crippen molar-refractivity contribution in [3.63, 3.8) is 0 Å². The largest absolute Gasteiger partial charge is 0.481 e. The number of carboxylic acids is 1. The minimum atomic E-state index is -0.913. The van der Waals surface area contributed by atoms with Gasteiger partial charge in [-0.2, -0.15) is 5.06 Å². The molecule has 5 rings (SSSR count). The van der Waals surface area contributed by atoms with E-state index in [0.717, 1.165) is 22.2 Å². The van der Waals surface area contributed by atoms with E-state index in [1.165, 1.54) is 0 Å². The average Bonchev–Trinajstić information content (AvgIpc) is 3.19. The molecule has 182 valence electrons. The molecule has 0 fully saturated rings. The zero-order valence-electron chi connectivity index (χ0n) is 19.7. The van der Waals surface area contributed by atoms with Gasteiger partial charge in [0.15, 0.2) is 12.5 Å². The lowest BCUT2D eigenvalue weighted by atomic mass is 10.1. The molecule has 2 heterocycles. The lowest BCUT2D eigenvalue weighted by molar-refractivity contribution is -0.136. The number of allylic oxidation sites excluding steroid dienone is 1. The molecular weight excluding hydrogens is 480 g/mol. The summed E-state index contributed by atoms with van der Waals surface area (Å²) in [6.07, 6.45) is 1.74. The number of carbonyl (C=O) groups excluding carboxylic acids is 1. The second-order valence-electron chi connectivity index (χ2n) is 8.61. The number of aryl methyl sites for hydroxylation is 1. The Morgan fingerprint density at radius 1 is 1.03 bits per heavy atom. The molecular formula is C28H23ClN2O5. The maximum absolute atomic E-state index is 13.3.